The Hall–Kier alpha value is -2.74. The molecule has 0 bridgehead atoms. The van der Waals surface area contributed by atoms with E-state index in [0.717, 1.165) is 22.3 Å². The molecule has 0 radical (unpaired) electrons. The second-order valence-electron chi connectivity index (χ2n) is 4.87. The number of nitrogens with zero attached hydrogens (tertiary/aromatic N) is 1. The number of benzene rings is 2. The lowest BCUT2D eigenvalue weighted by molar-refractivity contribution is 0.0993. The summed E-state index contributed by atoms with van der Waals surface area (Å²) in [6, 6.07) is 21.5. The standard InChI is InChI=1S/C19H15NO/c21-19(14-15-10-12-20-13-11-15)18-9-5-4-8-17(18)16-6-2-1-3-7-16/h1-13H,14H2. The Balaban J connectivity index is 1.94. The summed E-state index contributed by atoms with van der Waals surface area (Å²) in [6.07, 6.45) is 3.82. The lowest BCUT2D eigenvalue weighted by Crippen LogP contribution is -2.05. The van der Waals surface area contributed by atoms with Gasteiger partial charge >= 0.3 is 0 Å². The second kappa shape index (κ2) is 6.14. The number of aromatic nitrogens is 1. The summed E-state index contributed by atoms with van der Waals surface area (Å²) in [5, 5.41) is 0. The minimum absolute atomic E-state index is 0.126. The topological polar surface area (TPSA) is 30.0 Å². The quantitative estimate of drug-likeness (QED) is 0.668. The molecule has 0 atom stereocenters. The molecule has 21 heavy (non-hydrogen) atoms. The summed E-state index contributed by atoms with van der Waals surface area (Å²) in [5.74, 6) is 0.126. The smallest absolute Gasteiger partial charge is 0.167 e. The highest BCUT2D eigenvalue weighted by atomic mass is 16.1. The molecule has 0 amide bonds. The zero-order chi connectivity index (χ0) is 14.5. The van der Waals surface area contributed by atoms with Gasteiger partial charge in [-0.3, -0.25) is 9.78 Å². The minimum atomic E-state index is 0.126. The van der Waals surface area contributed by atoms with Crippen molar-refractivity contribution in [3.63, 3.8) is 0 Å². The molecule has 0 saturated carbocycles. The van der Waals surface area contributed by atoms with Crippen molar-refractivity contribution in [3.8, 4) is 11.1 Å². The van der Waals surface area contributed by atoms with Crippen LogP contribution in [0.25, 0.3) is 11.1 Å². The Bertz CT molecular complexity index is 736. The fourth-order valence-corrected chi connectivity index (χ4v) is 2.38. The van der Waals surface area contributed by atoms with Crippen molar-refractivity contribution in [3.05, 3.63) is 90.3 Å². The van der Waals surface area contributed by atoms with Gasteiger partial charge in [-0.25, -0.2) is 0 Å². The molecule has 3 aromatic rings. The van der Waals surface area contributed by atoms with Gasteiger partial charge in [0, 0.05) is 24.4 Å². The van der Waals surface area contributed by atoms with Crippen molar-refractivity contribution in [1.82, 2.24) is 4.98 Å². The summed E-state index contributed by atoms with van der Waals surface area (Å²) in [7, 11) is 0. The molecular weight excluding hydrogens is 258 g/mol. The van der Waals surface area contributed by atoms with Crippen LogP contribution in [-0.2, 0) is 6.42 Å². The Labute approximate surface area is 124 Å². The lowest BCUT2D eigenvalue weighted by atomic mass is 9.94. The van der Waals surface area contributed by atoms with E-state index in [9.17, 15) is 4.79 Å². The first-order chi connectivity index (χ1) is 10.3. The third-order valence-electron chi connectivity index (χ3n) is 3.43. The van der Waals surface area contributed by atoms with E-state index in [-0.39, 0.29) is 5.78 Å². The average molecular weight is 273 g/mol. The molecule has 0 aliphatic carbocycles. The molecule has 0 aliphatic rings. The average Bonchev–Trinajstić information content (AvgIpc) is 2.56. The van der Waals surface area contributed by atoms with Crippen molar-refractivity contribution in [2.75, 3.05) is 0 Å². The van der Waals surface area contributed by atoms with E-state index >= 15 is 0 Å². The Morgan fingerprint density at radius 3 is 2.24 bits per heavy atom. The van der Waals surface area contributed by atoms with Crippen LogP contribution in [0.15, 0.2) is 79.1 Å². The lowest BCUT2D eigenvalue weighted by Gasteiger charge is -2.09. The van der Waals surface area contributed by atoms with E-state index in [1.54, 1.807) is 12.4 Å². The molecule has 2 nitrogen and oxygen atoms in total. The molecule has 102 valence electrons. The molecule has 2 heteroatoms. The molecule has 0 unspecified atom stereocenters. The van der Waals surface area contributed by atoms with Gasteiger partial charge in [-0.1, -0.05) is 54.6 Å². The summed E-state index contributed by atoms with van der Waals surface area (Å²) < 4.78 is 0. The third-order valence-corrected chi connectivity index (χ3v) is 3.43. The van der Waals surface area contributed by atoms with Gasteiger partial charge < -0.3 is 0 Å². The largest absolute Gasteiger partial charge is 0.294 e. The van der Waals surface area contributed by atoms with Crippen LogP contribution in [0.1, 0.15) is 15.9 Å². The highest BCUT2D eigenvalue weighted by molar-refractivity contribution is 6.03. The van der Waals surface area contributed by atoms with Crippen LogP contribution in [0.5, 0.6) is 0 Å². The minimum Gasteiger partial charge on any atom is -0.294 e. The van der Waals surface area contributed by atoms with E-state index in [4.69, 9.17) is 0 Å². The maximum atomic E-state index is 12.6. The molecule has 1 heterocycles. The van der Waals surface area contributed by atoms with Crippen molar-refractivity contribution in [2.24, 2.45) is 0 Å². The summed E-state index contributed by atoms with van der Waals surface area (Å²) in [6.45, 7) is 0. The van der Waals surface area contributed by atoms with E-state index < -0.39 is 0 Å². The zero-order valence-electron chi connectivity index (χ0n) is 11.6. The Kier molecular flexibility index (Phi) is 3.88. The number of carbonyl (C=O) groups is 1. The molecule has 0 spiro atoms. The summed E-state index contributed by atoms with van der Waals surface area (Å²) in [4.78, 5) is 16.6. The van der Waals surface area contributed by atoms with Crippen molar-refractivity contribution < 1.29 is 4.79 Å². The van der Waals surface area contributed by atoms with E-state index in [2.05, 4.69) is 4.98 Å². The van der Waals surface area contributed by atoms with Crippen molar-refractivity contribution in [2.45, 2.75) is 6.42 Å². The van der Waals surface area contributed by atoms with Gasteiger partial charge in [0.25, 0.3) is 0 Å². The van der Waals surface area contributed by atoms with Crippen LogP contribution in [0.2, 0.25) is 0 Å². The molecule has 0 N–H and O–H groups in total. The molecule has 3 rings (SSSR count). The molecule has 0 fully saturated rings. The first kappa shape index (κ1) is 13.3. The van der Waals surface area contributed by atoms with Crippen LogP contribution >= 0.6 is 0 Å². The van der Waals surface area contributed by atoms with Gasteiger partial charge in [0.05, 0.1) is 0 Å². The summed E-state index contributed by atoms with van der Waals surface area (Å²) in [5.41, 5.74) is 3.80. The van der Waals surface area contributed by atoms with Gasteiger partial charge in [0.1, 0.15) is 0 Å². The van der Waals surface area contributed by atoms with Gasteiger partial charge in [0.2, 0.25) is 0 Å². The maximum absolute atomic E-state index is 12.6. The number of pyridine rings is 1. The highest BCUT2D eigenvalue weighted by Gasteiger charge is 2.12. The maximum Gasteiger partial charge on any atom is 0.167 e. The monoisotopic (exact) mass is 273 g/mol. The van der Waals surface area contributed by atoms with Gasteiger partial charge in [-0.05, 0) is 28.8 Å². The molecular formula is C19H15NO. The van der Waals surface area contributed by atoms with Crippen LogP contribution < -0.4 is 0 Å². The number of carbonyl (C=O) groups excluding carboxylic acids is 1. The molecule has 0 saturated heterocycles. The number of rotatable bonds is 4. The van der Waals surface area contributed by atoms with E-state index in [1.807, 2.05) is 66.7 Å². The fraction of sp³-hybridized carbons (Fsp3) is 0.0526. The fourth-order valence-electron chi connectivity index (χ4n) is 2.38. The van der Waals surface area contributed by atoms with Crippen molar-refractivity contribution in [1.29, 1.82) is 0 Å². The van der Waals surface area contributed by atoms with Gasteiger partial charge in [0.15, 0.2) is 5.78 Å². The van der Waals surface area contributed by atoms with E-state index in [0.29, 0.717) is 6.42 Å². The molecule has 0 aliphatic heterocycles. The van der Waals surface area contributed by atoms with Crippen LogP contribution in [-0.4, -0.2) is 10.8 Å². The van der Waals surface area contributed by atoms with Crippen LogP contribution in [0.4, 0.5) is 0 Å². The first-order valence-electron chi connectivity index (χ1n) is 6.91. The normalized spacial score (nSPS) is 10.3. The zero-order valence-corrected chi connectivity index (χ0v) is 11.6. The number of hydrogen-bond acceptors (Lipinski definition) is 2. The summed E-state index contributed by atoms with van der Waals surface area (Å²) >= 11 is 0. The molecule has 2 aromatic carbocycles. The number of ketones is 1. The van der Waals surface area contributed by atoms with Gasteiger partial charge in [-0.2, -0.15) is 0 Å². The Morgan fingerprint density at radius 1 is 0.810 bits per heavy atom. The van der Waals surface area contributed by atoms with E-state index in [1.165, 1.54) is 0 Å². The van der Waals surface area contributed by atoms with Gasteiger partial charge in [-0.15, -0.1) is 0 Å². The predicted octanol–water partition coefficient (Wildman–Crippen LogP) is 4.17. The highest BCUT2D eigenvalue weighted by Crippen LogP contribution is 2.24. The molecule has 1 aromatic heterocycles. The second-order valence-corrected chi connectivity index (χ2v) is 4.87. The Morgan fingerprint density at radius 2 is 1.48 bits per heavy atom. The predicted molar refractivity (Wildman–Crippen MR) is 84.1 cm³/mol. The third kappa shape index (κ3) is 3.06. The van der Waals surface area contributed by atoms with Crippen LogP contribution in [0.3, 0.4) is 0 Å². The number of hydrogen-bond donors (Lipinski definition) is 0. The SMILES string of the molecule is O=C(Cc1ccncc1)c1ccccc1-c1ccccc1. The van der Waals surface area contributed by atoms with Crippen LogP contribution in [0, 0.1) is 0 Å². The van der Waals surface area contributed by atoms with Crippen molar-refractivity contribution >= 4 is 5.78 Å². The first-order valence-corrected chi connectivity index (χ1v) is 6.91. The number of Topliss-reactive ketones (excluding diaryl/α,β-unsaturated/α-hetero) is 1.